The molecule has 1 heterocycles. The zero-order chi connectivity index (χ0) is 13.1. The largest absolute Gasteiger partial charge is 0.364 e. The summed E-state index contributed by atoms with van der Waals surface area (Å²) < 4.78 is 0. The van der Waals surface area contributed by atoms with E-state index in [0.717, 1.165) is 0 Å². The van der Waals surface area contributed by atoms with Crippen molar-refractivity contribution in [2.45, 2.75) is 26.3 Å². The van der Waals surface area contributed by atoms with Crippen molar-refractivity contribution in [1.82, 2.24) is 9.97 Å². The van der Waals surface area contributed by atoms with Crippen LogP contribution in [0.25, 0.3) is 0 Å². The van der Waals surface area contributed by atoms with E-state index in [4.69, 9.17) is 11.5 Å². The Morgan fingerprint density at radius 2 is 2.06 bits per heavy atom. The summed E-state index contributed by atoms with van der Waals surface area (Å²) in [6.45, 7) is 6.47. The van der Waals surface area contributed by atoms with Crippen molar-refractivity contribution in [3.8, 4) is 0 Å². The van der Waals surface area contributed by atoms with Crippen LogP contribution in [0.3, 0.4) is 0 Å². The maximum absolute atomic E-state index is 11.2. The molecule has 0 aliphatic rings. The van der Waals surface area contributed by atoms with E-state index in [-0.39, 0.29) is 17.2 Å². The minimum Gasteiger partial charge on any atom is -0.364 e. The lowest BCUT2D eigenvalue weighted by Gasteiger charge is -2.34. The van der Waals surface area contributed by atoms with Crippen molar-refractivity contribution in [3.63, 3.8) is 0 Å². The van der Waals surface area contributed by atoms with Crippen LogP contribution in [0, 0.1) is 5.92 Å². The minimum atomic E-state index is -0.608. The molecule has 0 bridgehead atoms. The summed E-state index contributed by atoms with van der Waals surface area (Å²) in [6.07, 6.45) is 2.94. The van der Waals surface area contributed by atoms with Gasteiger partial charge in [0.1, 0.15) is 0 Å². The van der Waals surface area contributed by atoms with Gasteiger partial charge in [0.05, 0.1) is 5.54 Å². The molecule has 0 aromatic carbocycles. The van der Waals surface area contributed by atoms with Crippen molar-refractivity contribution >= 4 is 11.7 Å². The number of carbonyl (C=O) groups excluding carboxylic acids is 1. The van der Waals surface area contributed by atoms with Crippen LogP contribution in [-0.2, 0) is 0 Å². The third kappa shape index (κ3) is 2.91. The maximum atomic E-state index is 11.2. The fourth-order valence-corrected chi connectivity index (χ4v) is 1.31. The molecule has 17 heavy (non-hydrogen) atoms. The molecule has 0 saturated carbocycles. The number of nitrogens with one attached hydrogen (secondary N) is 1. The van der Waals surface area contributed by atoms with E-state index in [1.807, 2.05) is 20.8 Å². The third-order valence-corrected chi connectivity index (χ3v) is 3.03. The van der Waals surface area contributed by atoms with Gasteiger partial charge in [0.25, 0.3) is 5.91 Å². The highest BCUT2D eigenvalue weighted by atomic mass is 16.1. The first-order valence-corrected chi connectivity index (χ1v) is 5.49. The first-order chi connectivity index (χ1) is 7.90. The van der Waals surface area contributed by atoms with Gasteiger partial charge in [-0.3, -0.25) is 4.79 Å². The molecule has 1 unspecified atom stereocenters. The average Bonchev–Trinajstić information content (AvgIpc) is 2.29. The first kappa shape index (κ1) is 13.4. The highest BCUT2D eigenvalue weighted by molar-refractivity contribution is 5.95. The number of aromatic nitrogens is 2. The first-order valence-electron chi connectivity index (χ1n) is 5.49. The second-order valence-electron chi connectivity index (χ2n) is 4.52. The van der Waals surface area contributed by atoms with Gasteiger partial charge in [0.2, 0.25) is 0 Å². The lowest BCUT2D eigenvalue weighted by molar-refractivity contribution is 0.0996. The van der Waals surface area contributed by atoms with Gasteiger partial charge in [-0.1, -0.05) is 13.8 Å². The SMILES string of the molecule is CC(C)C(C)(CN)Nc1nccnc1C(N)=O. The van der Waals surface area contributed by atoms with E-state index in [9.17, 15) is 4.79 Å². The van der Waals surface area contributed by atoms with Gasteiger partial charge in [-0.2, -0.15) is 0 Å². The topological polar surface area (TPSA) is 107 Å². The van der Waals surface area contributed by atoms with Crippen LogP contribution in [-0.4, -0.2) is 28.0 Å². The van der Waals surface area contributed by atoms with Gasteiger partial charge < -0.3 is 16.8 Å². The molecular weight excluding hydrogens is 218 g/mol. The summed E-state index contributed by atoms with van der Waals surface area (Å²) >= 11 is 0. The predicted octanol–water partition coefficient (Wildman–Crippen LogP) is 0.361. The quantitative estimate of drug-likeness (QED) is 0.685. The second-order valence-corrected chi connectivity index (χ2v) is 4.52. The number of hydrogen-bond donors (Lipinski definition) is 3. The number of rotatable bonds is 5. The van der Waals surface area contributed by atoms with E-state index >= 15 is 0 Å². The number of amides is 1. The summed E-state index contributed by atoms with van der Waals surface area (Å²) in [7, 11) is 0. The second kappa shape index (κ2) is 5.09. The summed E-state index contributed by atoms with van der Waals surface area (Å²) in [4.78, 5) is 19.2. The van der Waals surface area contributed by atoms with Gasteiger partial charge in [0, 0.05) is 18.9 Å². The molecule has 0 aliphatic carbocycles. The summed E-state index contributed by atoms with van der Waals surface area (Å²) in [5, 5.41) is 3.16. The molecule has 0 spiro atoms. The normalized spacial score (nSPS) is 14.4. The summed E-state index contributed by atoms with van der Waals surface area (Å²) in [6, 6.07) is 0. The van der Waals surface area contributed by atoms with E-state index in [2.05, 4.69) is 15.3 Å². The molecule has 6 heteroatoms. The Hall–Kier alpha value is -1.69. The Kier molecular flexibility index (Phi) is 4.01. The number of nitrogens with zero attached hydrogens (tertiary/aromatic N) is 2. The number of primary amides is 1. The fraction of sp³-hybridized carbons (Fsp3) is 0.545. The van der Waals surface area contributed by atoms with Gasteiger partial charge in [-0.15, -0.1) is 0 Å². The monoisotopic (exact) mass is 237 g/mol. The molecule has 6 nitrogen and oxygen atoms in total. The maximum Gasteiger partial charge on any atom is 0.271 e. The highest BCUT2D eigenvalue weighted by Gasteiger charge is 2.28. The number of anilines is 1. The molecule has 0 saturated heterocycles. The van der Waals surface area contributed by atoms with Gasteiger partial charge in [-0.25, -0.2) is 9.97 Å². The highest BCUT2D eigenvalue weighted by Crippen LogP contribution is 2.21. The Morgan fingerprint density at radius 3 is 2.53 bits per heavy atom. The van der Waals surface area contributed by atoms with E-state index in [1.54, 1.807) is 0 Å². The zero-order valence-corrected chi connectivity index (χ0v) is 10.4. The Bertz CT molecular complexity index is 407. The van der Waals surface area contributed by atoms with Crippen LogP contribution in [0.5, 0.6) is 0 Å². The van der Waals surface area contributed by atoms with Crippen LogP contribution in [0.15, 0.2) is 12.4 Å². The average molecular weight is 237 g/mol. The fourth-order valence-electron chi connectivity index (χ4n) is 1.31. The van der Waals surface area contributed by atoms with Gasteiger partial charge >= 0.3 is 0 Å². The Labute approximate surface area is 101 Å². The third-order valence-electron chi connectivity index (χ3n) is 3.03. The number of carbonyl (C=O) groups is 1. The van der Waals surface area contributed by atoms with Crippen LogP contribution in [0.1, 0.15) is 31.3 Å². The number of nitrogens with two attached hydrogens (primary N) is 2. The standard InChI is InChI=1S/C11H19N5O/c1-7(2)11(3,6-12)16-10-8(9(13)17)14-4-5-15-10/h4-5,7H,6,12H2,1-3H3,(H2,13,17)(H,15,16). The van der Waals surface area contributed by atoms with Crippen molar-refractivity contribution < 1.29 is 4.79 Å². The molecular formula is C11H19N5O. The number of hydrogen-bond acceptors (Lipinski definition) is 5. The van der Waals surface area contributed by atoms with Crippen LogP contribution < -0.4 is 16.8 Å². The van der Waals surface area contributed by atoms with Gasteiger partial charge in [-0.05, 0) is 12.8 Å². The molecule has 0 fully saturated rings. The lowest BCUT2D eigenvalue weighted by atomic mass is 9.88. The van der Waals surface area contributed by atoms with Crippen molar-refractivity contribution in [3.05, 3.63) is 18.1 Å². The Balaban J connectivity index is 3.06. The molecule has 1 atom stereocenters. The van der Waals surface area contributed by atoms with Crippen molar-refractivity contribution in [2.75, 3.05) is 11.9 Å². The zero-order valence-electron chi connectivity index (χ0n) is 10.4. The molecule has 1 rings (SSSR count). The molecule has 1 aromatic heterocycles. The summed E-state index contributed by atoms with van der Waals surface area (Å²) in [5.74, 6) is 0.0422. The van der Waals surface area contributed by atoms with E-state index in [0.29, 0.717) is 12.4 Å². The smallest absolute Gasteiger partial charge is 0.271 e. The van der Waals surface area contributed by atoms with Gasteiger partial charge in [0.15, 0.2) is 11.5 Å². The van der Waals surface area contributed by atoms with Crippen molar-refractivity contribution in [1.29, 1.82) is 0 Å². The van der Waals surface area contributed by atoms with E-state index in [1.165, 1.54) is 12.4 Å². The van der Waals surface area contributed by atoms with Crippen molar-refractivity contribution in [2.24, 2.45) is 17.4 Å². The minimum absolute atomic E-state index is 0.132. The summed E-state index contributed by atoms with van der Waals surface area (Å²) in [5.41, 5.74) is 10.8. The molecule has 0 aliphatic heterocycles. The molecule has 0 radical (unpaired) electrons. The molecule has 94 valence electrons. The molecule has 1 amide bonds. The Morgan fingerprint density at radius 1 is 1.47 bits per heavy atom. The van der Waals surface area contributed by atoms with E-state index < -0.39 is 5.91 Å². The lowest BCUT2D eigenvalue weighted by Crippen LogP contribution is -2.47. The van der Waals surface area contributed by atoms with Crippen LogP contribution >= 0.6 is 0 Å². The van der Waals surface area contributed by atoms with Crippen LogP contribution in [0.4, 0.5) is 5.82 Å². The van der Waals surface area contributed by atoms with Crippen LogP contribution in [0.2, 0.25) is 0 Å². The predicted molar refractivity (Wildman–Crippen MR) is 66.5 cm³/mol. The molecule has 5 N–H and O–H groups in total. The molecule has 1 aromatic rings.